The fourth-order valence-electron chi connectivity index (χ4n) is 3.93. The number of sulfonamides is 1. The highest BCUT2D eigenvalue weighted by atomic mass is 32.2. The monoisotopic (exact) mass is 473 g/mol. The summed E-state index contributed by atoms with van der Waals surface area (Å²) in [5, 5.41) is 0. The van der Waals surface area contributed by atoms with Crippen molar-refractivity contribution < 1.29 is 35.5 Å². The van der Waals surface area contributed by atoms with Crippen molar-refractivity contribution in [1.29, 1.82) is 0 Å². The molecule has 0 unspecified atom stereocenters. The zero-order valence-electron chi connectivity index (χ0n) is 17.4. The Bertz CT molecular complexity index is 1080. The Kier molecular flexibility index (Phi) is 6.94. The summed E-state index contributed by atoms with van der Waals surface area (Å²) < 4.78 is 85.4. The number of benzene rings is 2. The number of nitrogens with zero attached hydrogens (tertiary/aromatic N) is 1. The molecular weight excluding hydrogens is 450 g/mol. The second-order valence-electron chi connectivity index (χ2n) is 7.71. The predicted octanol–water partition coefficient (Wildman–Crippen LogP) is 4.42. The fraction of sp³-hybridized carbons (Fsp3) is 0.409. The standard InChI is InChI=1S/C22H23F4NO4S/c1-2-31-20(28)21(15-16-6-5-7-17(14-16)22(24,25)26)10-12-27(13-11-21)32(29,30)19-9-4-3-8-18(19)23/h3-9,14H,2,10-13,15H2,1H3. The first-order valence-corrected chi connectivity index (χ1v) is 11.5. The quantitative estimate of drug-likeness (QED) is 0.460. The van der Waals surface area contributed by atoms with Crippen LogP contribution in [0.4, 0.5) is 17.6 Å². The number of esters is 1. The maximum absolute atomic E-state index is 14.1. The summed E-state index contributed by atoms with van der Waals surface area (Å²) in [5.41, 5.74) is -1.70. The van der Waals surface area contributed by atoms with Gasteiger partial charge in [0, 0.05) is 13.1 Å². The molecule has 1 saturated heterocycles. The zero-order chi connectivity index (χ0) is 23.6. The number of piperidine rings is 1. The molecule has 2 aromatic carbocycles. The van der Waals surface area contributed by atoms with Crippen LogP contribution in [0.15, 0.2) is 53.4 Å². The minimum Gasteiger partial charge on any atom is -0.466 e. The van der Waals surface area contributed by atoms with Crippen LogP contribution in [0.25, 0.3) is 0 Å². The van der Waals surface area contributed by atoms with Crippen molar-refractivity contribution in [3.05, 3.63) is 65.5 Å². The lowest BCUT2D eigenvalue weighted by atomic mass is 9.74. The molecule has 10 heteroatoms. The highest BCUT2D eigenvalue weighted by Gasteiger charge is 2.45. The van der Waals surface area contributed by atoms with Crippen LogP contribution in [0.3, 0.4) is 0 Å². The first-order chi connectivity index (χ1) is 15.0. The molecule has 0 radical (unpaired) electrons. The first kappa shape index (κ1) is 24.2. The lowest BCUT2D eigenvalue weighted by Gasteiger charge is -2.39. The summed E-state index contributed by atoms with van der Waals surface area (Å²) in [6, 6.07) is 9.72. The van der Waals surface area contributed by atoms with Crippen LogP contribution in [-0.2, 0) is 32.2 Å². The lowest BCUT2D eigenvalue weighted by molar-refractivity contribution is -0.158. The average molecular weight is 473 g/mol. The molecule has 1 aliphatic heterocycles. The van der Waals surface area contributed by atoms with E-state index in [1.54, 1.807) is 6.92 Å². The molecule has 32 heavy (non-hydrogen) atoms. The van der Waals surface area contributed by atoms with Crippen LogP contribution >= 0.6 is 0 Å². The van der Waals surface area contributed by atoms with Crippen molar-refractivity contribution in [2.45, 2.75) is 37.3 Å². The minimum absolute atomic E-state index is 0.0245. The third-order valence-electron chi connectivity index (χ3n) is 5.64. The largest absolute Gasteiger partial charge is 0.466 e. The predicted molar refractivity (Wildman–Crippen MR) is 109 cm³/mol. The van der Waals surface area contributed by atoms with E-state index in [-0.39, 0.29) is 39.0 Å². The second-order valence-corrected chi connectivity index (χ2v) is 9.62. The number of halogens is 4. The molecule has 1 fully saturated rings. The Hall–Kier alpha value is -2.46. The number of alkyl halides is 3. The van der Waals surface area contributed by atoms with E-state index in [1.807, 2.05) is 0 Å². The lowest BCUT2D eigenvalue weighted by Crippen LogP contribution is -2.48. The number of rotatable bonds is 6. The maximum atomic E-state index is 14.1. The molecule has 174 valence electrons. The van der Waals surface area contributed by atoms with Gasteiger partial charge in [0.1, 0.15) is 10.7 Å². The Labute approximate surface area is 184 Å². The van der Waals surface area contributed by atoms with Gasteiger partial charge in [-0.15, -0.1) is 0 Å². The molecule has 5 nitrogen and oxygen atoms in total. The maximum Gasteiger partial charge on any atom is 0.416 e. The molecule has 0 atom stereocenters. The summed E-state index contributed by atoms with van der Waals surface area (Å²) in [6.45, 7) is 1.52. The van der Waals surface area contributed by atoms with E-state index in [9.17, 15) is 30.8 Å². The normalized spacial score (nSPS) is 17.2. The van der Waals surface area contributed by atoms with Crippen LogP contribution in [-0.4, -0.2) is 38.4 Å². The van der Waals surface area contributed by atoms with E-state index < -0.39 is 43.9 Å². The zero-order valence-corrected chi connectivity index (χ0v) is 18.2. The molecule has 0 saturated carbocycles. The number of hydrogen-bond acceptors (Lipinski definition) is 4. The molecule has 3 rings (SSSR count). The smallest absolute Gasteiger partial charge is 0.416 e. The summed E-state index contributed by atoms with van der Waals surface area (Å²) >= 11 is 0. The Balaban J connectivity index is 1.86. The van der Waals surface area contributed by atoms with Crippen LogP contribution in [0, 0.1) is 11.2 Å². The molecule has 1 heterocycles. The topological polar surface area (TPSA) is 63.7 Å². The first-order valence-electron chi connectivity index (χ1n) is 10.1. The van der Waals surface area contributed by atoms with Gasteiger partial charge in [-0.3, -0.25) is 4.79 Å². The van der Waals surface area contributed by atoms with Crippen molar-refractivity contribution in [2.24, 2.45) is 5.41 Å². The highest BCUT2D eigenvalue weighted by molar-refractivity contribution is 7.89. The molecule has 0 aromatic heterocycles. The summed E-state index contributed by atoms with van der Waals surface area (Å²) in [7, 11) is -4.12. The van der Waals surface area contributed by atoms with Gasteiger partial charge in [-0.2, -0.15) is 17.5 Å². The van der Waals surface area contributed by atoms with Crippen molar-refractivity contribution >= 4 is 16.0 Å². The molecule has 0 N–H and O–H groups in total. The second kappa shape index (κ2) is 9.19. The molecule has 1 aliphatic rings. The highest BCUT2D eigenvalue weighted by Crippen LogP contribution is 2.39. The Morgan fingerprint density at radius 1 is 1.09 bits per heavy atom. The van der Waals surface area contributed by atoms with Crippen molar-refractivity contribution in [3.8, 4) is 0 Å². The van der Waals surface area contributed by atoms with Gasteiger partial charge in [0.15, 0.2) is 0 Å². The van der Waals surface area contributed by atoms with Gasteiger partial charge in [-0.05, 0) is 49.9 Å². The van der Waals surface area contributed by atoms with Gasteiger partial charge in [-0.1, -0.05) is 30.3 Å². The van der Waals surface area contributed by atoms with Gasteiger partial charge >= 0.3 is 12.1 Å². The van der Waals surface area contributed by atoms with E-state index >= 15 is 0 Å². The van der Waals surface area contributed by atoms with E-state index in [4.69, 9.17) is 4.74 Å². The Morgan fingerprint density at radius 3 is 2.34 bits per heavy atom. The van der Waals surface area contributed by atoms with E-state index in [1.165, 1.54) is 30.3 Å². The Morgan fingerprint density at radius 2 is 1.75 bits per heavy atom. The van der Waals surface area contributed by atoms with E-state index in [0.717, 1.165) is 22.5 Å². The molecule has 0 spiro atoms. The van der Waals surface area contributed by atoms with Crippen molar-refractivity contribution in [1.82, 2.24) is 4.31 Å². The van der Waals surface area contributed by atoms with Crippen LogP contribution < -0.4 is 0 Å². The van der Waals surface area contributed by atoms with Gasteiger partial charge < -0.3 is 4.74 Å². The van der Waals surface area contributed by atoms with Gasteiger partial charge in [0.2, 0.25) is 10.0 Å². The minimum atomic E-state index is -4.52. The third kappa shape index (κ3) is 4.96. The van der Waals surface area contributed by atoms with E-state index in [2.05, 4.69) is 0 Å². The average Bonchev–Trinajstić information content (AvgIpc) is 2.74. The van der Waals surface area contributed by atoms with Gasteiger partial charge in [-0.25, -0.2) is 12.8 Å². The van der Waals surface area contributed by atoms with Crippen LogP contribution in [0.1, 0.15) is 30.9 Å². The molecule has 2 aromatic rings. The van der Waals surface area contributed by atoms with Crippen molar-refractivity contribution in [2.75, 3.05) is 19.7 Å². The SMILES string of the molecule is CCOC(=O)C1(Cc2cccc(C(F)(F)F)c2)CCN(S(=O)(=O)c2ccccc2F)CC1. The molecule has 0 aliphatic carbocycles. The number of carbonyl (C=O) groups excluding carboxylic acids is 1. The van der Waals surface area contributed by atoms with Crippen molar-refractivity contribution in [3.63, 3.8) is 0 Å². The molecule has 0 bridgehead atoms. The van der Waals surface area contributed by atoms with E-state index in [0.29, 0.717) is 5.56 Å². The van der Waals surface area contributed by atoms with Crippen LogP contribution in [0.2, 0.25) is 0 Å². The molecule has 0 amide bonds. The summed E-state index contributed by atoms with van der Waals surface area (Å²) in [5.74, 6) is -1.46. The summed E-state index contributed by atoms with van der Waals surface area (Å²) in [4.78, 5) is 12.4. The molecular formula is C22H23F4NO4S. The third-order valence-corrected chi connectivity index (χ3v) is 7.57. The number of ether oxygens (including phenoxy) is 1. The van der Waals surface area contributed by atoms with Gasteiger partial charge in [0.25, 0.3) is 0 Å². The van der Waals surface area contributed by atoms with Crippen LogP contribution in [0.5, 0.6) is 0 Å². The number of hydrogen-bond donors (Lipinski definition) is 0. The number of carbonyl (C=O) groups is 1. The van der Waals surface area contributed by atoms with Gasteiger partial charge in [0.05, 0.1) is 17.6 Å². The fourth-order valence-corrected chi connectivity index (χ4v) is 5.44. The summed E-state index contributed by atoms with van der Waals surface area (Å²) in [6.07, 6.45) is -4.47.